The molecule has 0 radical (unpaired) electrons. The summed E-state index contributed by atoms with van der Waals surface area (Å²) in [6.07, 6.45) is 0.236. The Kier molecular flexibility index (Phi) is 5.18. The van der Waals surface area contributed by atoms with Crippen LogP contribution in [0.15, 0.2) is 47.3 Å². The summed E-state index contributed by atoms with van der Waals surface area (Å²) in [4.78, 5) is 24.5. The summed E-state index contributed by atoms with van der Waals surface area (Å²) >= 11 is 0. The van der Waals surface area contributed by atoms with Crippen LogP contribution in [0.4, 0.5) is 10.1 Å². The molecule has 3 aromatic rings. The Balaban J connectivity index is 1.97. The van der Waals surface area contributed by atoms with Crippen LogP contribution in [0.1, 0.15) is 13.3 Å². The van der Waals surface area contributed by atoms with Gasteiger partial charge in [-0.3, -0.25) is 9.59 Å². The van der Waals surface area contributed by atoms with Crippen molar-refractivity contribution < 1.29 is 13.9 Å². The molecule has 0 saturated heterocycles. The Morgan fingerprint density at radius 3 is 2.73 bits per heavy atom. The third-order valence-electron chi connectivity index (χ3n) is 4.09. The van der Waals surface area contributed by atoms with Crippen LogP contribution >= 0.6 is 0 Å². The van der Waals surface area contributed by atoms with Gasteiger partial charge in [0.05, 0.1) is 29.6 Å². The van der Waals surface area contributed by atoms with Crippen LogP contribution in [0.5, 0.6) is 0 Å². The Labute approximate surface area is 149 Å². The van der Waals surface area contributed by atoms with Gasteiger partial charge in [-0.2, -0.15) is 0 Å². The predicted molar refractivity (Wildman–Crippen MR) is 98.2 cm³/mol. The van der Waals surface area contributed by atoms with E-state index in [1.165, 1.54) is 15.4 Å². The fourth-order valence-corrected chi connectivity index (χ4v) is 2.84. The fourth-order valence-electron chi connectivity index (χ4n) is 2.84. The molecule has 1 amide bonds. The van der Waals surface area contributed by atoms with Crippen molar-refractivity contribution >= 4 is 22.5 Å². The number of carbonyl (C=O) groups is 1. The van der Waals surface area contributed by atoms with Crippen LogP contribution in [0, 0.1) is 5.82 Å². The highest BCUT2D eigenvalue weighted by molar-refractivity contribution is 5.94. The van der Waals surface area contributed by atoms with Crippen molar-refractivity contribution in [2.24, 2.45) is 7.05 Å². The van der Waals surface area contributed by atoms with Crippen molar-refractivity contribution in [3.05, 3.63) is 58.6 Å². The minimum absolute atomic E-state index is 0.192. The topological polar surface area (TPSA) is 65.3 Å². The van der Waals surface area contributed by atoms with Crippen LogP contribution in [-0.4, -0.2) is 28.5 Å². The monoisotopic (exact) mass is 357 g/mol. The van der Waals surface area contributed by atoms with Crippen molar-refractivity contribution in [3.8, 4) is 5.69 Å². The van der Waals surface area contributed by atoms with E-state index >= 15 is 0 Å². The van der Waals surface area contributed by atoms with Gasteiger partial charge in [-0.1, -0.05) is 12.1 Å². The summed E-state index contributed by atoms with van der Waals surface area (Å²) in [5.41, 5.74) is 1.10. The molecule has 1 aromatic heterocycles. The molecule has 0 aliphatic heterocycles. The maximum atomic E-state index is 14.2. The first-order valence-corrected chi connectivity index (χ1v) is 8.37. The Hall–Kier alpha value is -2.93. The molecule has 0 aliphatic carbocycles. The molecule has 0 spiro atoms. The molecule has 0 fully saturated rings. The maximum absolute atomic E-state index is 14.2. The molecule has 26 heavy (non-hydrogen) atoms. The molecular formula is C19H20FN3O3. The van der Waals surface area contributed by atoms with Gasteiger partial charge < -0.3 is 10.1 Å². The minimum Gasteiger partial charge on any atom is -0.381 e. The van der Waals surface area contributed by atoms with Gasteiger partial charge in [-0.25, -0.2) is 13.8 Å². The number of nitrogens with one attached hydrogen (secondary N) is 1. The third kappa shape index (κ3) is 3.39. The summed E-state index contributed by atoms with van der Waals surface area (Å²) in [7, 11) is 1.58. The normalized spacial score (nSPS) is 11.0. The highest BCUT2D eigenvalue weighted by Crippen LogP contribution is 2.22. The number of hydrogen-bond acceptors (Lipinski definition) is 3. The molecule has 7 heteroatoms. The highest BCUT2D eigenvalue weighted by Gasteiger charge is 2.15. The number of carbonyl (C=O) groups excluding carboxylic acids is 1. The molecule has 0 atom stereocenters. The number of fused-ring (bicyclic) bond motifs is 1. The van der Waals surface area contributed by atoms with Gasteiger partial charge in [-0.15, -0.1) is 0 Å². The van der Waals surface area contributed by atoms with Gasteiger partial charge in [0.15, 0.2) is 0 Å². The minimum atomic E-state index is -0.423. The van der Waals surface area contributed by atoms with E-state index in [-0.39, 0.29) is 23.6 Å². The Morgan fingerprint density at radius 2 is 2.00 bits per heavy atom. The lowest BCUT2D eigenvalue weighted by atomic mass is 10.2. The summed E-state index contributed by atoms with van der Waals surface area (Å²) in [5, 5.41) is 3.15. The van der Waals surface area contributed by atoms with Gasteiger partial charge >= 0.3 is 0 Å². The number of amides is 1. The first-order chi connectivity index (χ1) is 12.5. The van der Waals surface area contributed by atoms with Crippen molar-refractivity contribution in [1.29, 1.82) is 0 Å². The lowest BCUT2D eigenvalue weighted by molar-refractivity contribution is -0.117. The van der Waals surface area contributed by atoms with Crippen molar-refractivity contribution in [2.75, 3.05) is 18.5 Å². The predicted octanol–water partition coefficient (Wildman–Crippen LogP) is 2.83. The molecule has 0 aliphatic rings. The molecule has 0 saturated carbocycles. The van der Waals surface area contributed by atoms with Gasteiger partial charge in [0, 0.05) is 19.3 Å². The second-order valence-electron chi connectivity index (χ2n) is 5.82. The van der Waals surface area contributed by atoms with E-state index in [1.807, 2.05) is 6.92 Å². The molecule has 1 N–H and O–H groups in total. The quantitative estimate of drug-likeness (QED) is 0.690. The first-order valence-electron chi connectivity index (χ1n) is 8.37. The van der Waals surface area contributed by atoms with Crippen LogP contribution in [0.2, 0.25) is 0 Å². The van der Waals surface area contributed by atoms with E-state index < -0.39 is 5.82 Å². The zero-order valence-corrected chi connectivity index (χ0v) is 14.7. The number of ether oxygens (including phenoxy) is 1. The molecule has 1 heterocycles. The number of rotatable bonds is 6. The number of benzene rings is 2. The fraction of sp³-hybridized carbons (Fsp3) is 0.263. The highest BCUT2D eigenvalue weighted by atomic mass is 19.1. The average molecular weight is 357 g/mol. The van der Waals surface area contributed by atoms with Crippen LogP contribution in [0.3, 0.4) is 0 Å². The average Bonchev–Trinajstić information content (AvgIpc) is 2.87. The lowest BCUT2D eigenvalue weighted by Crippen LogP contribution is -2.18. The largest absolute Gasteiger partial charge is 0.381 e. The van der Waals surface area contributed by atoms with E-state index in [9.17, 15) is 14.0 Å². The van der Waals surface area contributed by atoms with E-state index in [0.717, 1.165) is 0 Å². The maximum Gasteiger partial charge on any atom is 0.274 e. The number of hydrogen-bond donors (Lipinski definition) is 1. The molecular weight excluding hydrogens is 337 g/mol. The SMILES string of the molecule is CCOCCC(=O)Nc1ccc2c(c1)c(=O)n(C)n2-c1ccccc1F. The van der Waals surface area contributed by atoms with Crippen molar-refractivity contribution in [1.82, 2.24) is 9.36 Å². The number of anilines is 1. The molecule has 0 unspecified atom stereocenters. The van der Waals surface area contributed by atoms with Gasteiger partial charge in [0.25, 0.3) is 5.56 Å². The number of nitrogens with zero attached hydrogens (tertiary/aromatic N) is 2. The van der Waals surface area contributed by atoms with Crippen molar-refractivity contribution in [2.45, 2.75) is 13.3 Å². The van der Waals surface area contributed by atoms with Gasteiger partial charge in [-0.05, 0) is 37.3 Å². The number of para-hydroxylation sites is 1. The molecule has 2 aromatic carbocycles. The second-order valence-corrected chi connectivity index (χ2v) is 5.82. The smallest absolute Gasteiger partial charge is 0.274 e. The molecule has 3 rings (SSSR count). The Morgan fingerprint density at radius 1 is 1.23 bits per heavy atom. The van der Waals surface area contributed by atoms with Crippen LogP contribution in [-0.2, 0) is 16.6 Å². The van der Waals surface area contributed by atoms with E-state index in [1.54, 1.807) is 43.4 Å². The molecule has 6 nitrogen and oxygen atoms in total. The van der Waals surface area contributed by atoms with E-state index in [0.29, 0.717) is 29.8 Å². The van der Waals surface area contributed by atoms with Crippen LogP contribution in [0.25, 0.3) is 16.6 Å². The van der Waals surface area contributed by atoms with Gasteiger partial charge in [0.1, 0.15) is 5.82 Å². The second kappa shape index (κ2) is 7.53. The summed E-state index contributed by atoms with van der Waals surface area (Å²) in [6.45, 7) is 2.76. The summed E-state index contributed by atoms with van der Waals surface area (Å²) in [5.74, 6) is -0.614. The van der Waals surface area contributed by atoms with Crippen LogP contribution < -0.4 is 10.9 Å². The zero-order chi connectivity index (χ0) is 18.7. The zero-order valence-electron chi connectivity index (χ0n) is 14.7. The number of halogens is 1. The summed E-state index contributed by atoms with van der Waals surface area (Å²) in [6, 6.07) is 11.3. The molecule has 136 valence electrons. The molecule has 0 bridgehead atoms. The van der Waals surface area contributed by atoms with Gasteiger partial charge in [0.2, 0.25) is 5.91 Å². The first kappa shape index (κ1) is 17.9. The Bertz CT molecular complexity index is 1010. The van der Waals surface area contributed by atoms with E-state index in [2.05, 4.69) is 5.32 Å². The van der Waals surface area contributed by atoms with Crippen molar-refractivity contribution in [3.63, 3.8) is 0 Å². The van der Waals surface area contributed by atoms with E-state index in [4.69, 9.17) is 4.74 Å². The summed E-state index contributed by atoms with van der Waals surface area (Å²) < 4.78 is 22.2. The lowest BCUT2D eigenvalue weighted by Gasteiger charge is -2.10. The number of aromatic nitrogens is 2. The third-order valence-corrected chi connectivity index (χ3v) is 4.09. The standard InChI is InChI=1S/C19H20FN3O3/c1-3-26-11-10-18(24)21-13-8-9-16-14(12-13)19(25)22(2)23(16)17-7-5-4-6-15(17)20/h4-9,12H,3,10-11H2,1-2H3,(H,21,24).